The Bertz CT molecular complexity index is 462. The molecule has 16 heavy (non-hydrogen) atoms. The molecule has 86 valence electrons. The summed E-state index contributed by atoms with van der Waals surface area (Å²) in [4.78, 5) is 5.62. The molecule has 0 amide bonds. The fourth-order valence-electron chi connectivity index (χ4n) is 1.78. The Morgan fingerprint density at radius 2 is 1.81 bits per heavy atom. The summed E-state index contributed by atoms with van der Waals surface area (Å²) in [6.07, 6.45) is 0. The summed E-state index contributed by atoms with van der Waals surface area (Å²) in [5.74, 6) is 0. The summed E-state index contributed by atoms with van der Waals surface area (Å²) in [5.41, 5.74) is 1.40. The lowest BCUT2D eigenvalue weighted by Crippen LogP contribution is -2.14. The highest BCUT2D eigenvalue weighted by Crippen LogP contribution is 2.33. The Kier molecular flexibility index (Phi) is 3.47. The van der Waals surface area contributed by atoms with Crippen LogP contribution in [0.2, 0.25) is 0 Å². The quantitative estimate of drug-likeness (QED) is 0.868. The summed E-state index contributed by atoms with van der Waals surface area (Å²) in [6, 6.07) is 7.08. The molecule has 0 fully saturated rings. The van der Waals surface area contributed by atoms with E-state index in [1.807, 2.05) is 29.7 Å². The minimum Gasteiger partial charge on any atom is -0.308 e. The SMILES string of the molecule is CNC(c1ccc(C)s1)c1cc(C)c(C)s1. The molecule has 2 rings (SSSR count). The van der Waals surface area contributed by atoms with Crippen LogP contribution in [0.5, 0.6) is 0 Å². The van der Waals surface area contributed by atoms with Gasteiger partial charge in [-0.3, -0.25) is 0 Å². The van der Waals surface area contributed by atoms with Crippen molar-refractivity contribution in [2.45, 2.75) is 26.8 Å². The molecule has 0 bridgehead atoms. The van der Waals surface area contributed by atoms with Gasteiger partial charge in [0.25, 0.3) is 0 Å². The second-order valence-corrected chi connectivity index (χ2v) is 6.67. The molecule has 3 heteroatoms. The van der Waals surface area contributed by atoms with E-state index in [1.54, 1.807) is 0 Å². The lowest BCUT2D eigenvalue weighted by atomic mass is 10.2. The highest BCUT2D eigenvalue weighted by atomic mass is 32.1. The first-order valence-corrected chi connectivity index (χ1v) is 7.05. The van der Waals surface area contributed by atoms with E-state index in [2.05, 4.69) is 44.3 Å². The first-order valence-electron chi connectivity index (χ1n) is 5.42. The Labute approximate surface area is 105 Å². The minimum absolute atomic E-state index is 0.357. The zero-order chi connectivity index (χ0) is 11.7. The largest absolute Gasteiger partial charge is 0.308 e. The van der Waals surface area contributed by atoms with Crippen LogP contribution in [-0.4, -0.2) is 7.05 Å². The normalized spacial score (nSPS) is 13.0. The van der Waals surface area contributed by atoms with Crippen molar-refractivity contribution in [2.75, 3.05) is 7.05 Å². The van der Waals surface area contributed by atoms with Crippen LogP contribution in [0.25, 0.3) is 0 Å². The van der Waals surface area contributed by atoms with Gasteiger partial charge >= 0.3 is 0 Å². The summed E-state index contributed by atoms with van der Waals surface area (Å²) in [7, 11) is 2.03. The van der Waals surface area contributed by atoms with Crippen molar-refractivity contribution < 1.29 is 0 Å². The molecule has 0 radical (unpaired) electrons. The molecule has 1 atom stereocenters. The Balaban J connectivity index is 2.36. The van der Waals surface area contributed by atoms with Crippen molar-refractivity contribution in [3.63, 3.8) is 0 Å². The van der Waals surface area contributed by atoms with Crippen LogP contribution >= 0.6 is 22.7 Å². The number of rotatable bonds is 3. The average molecular weight is 251 g/mol. The van der Waals surface area contributed by atoms with Gasteiger partial charge in [0.15, 0.2) is 0 Å². The molecule has 1 nitrogen and oxygen atoms in total. The van der Waals surface area contributed by atoms with Gasteiger partial charge in [-0.15, -0.1) is 22.7 Å². The van der Waals surface area contributed by atoms with E-state index in [0.717, 1.165) is 0 Å². The van der Waals surface area contributed by atoms with Gasteiger partial charge in [0.05, 0.1) is 6.04 Å². The van der Waals surface area contributed by atoms with Crippen molar-refractivity contribution in [3.8, 4) is 0 Å². The lowest BCUT2D eigenvalue weighted by Gasteiger charge is -2.12. The molecule has 1 unspecified atom stereocenters. The Morgan fingerprint density at radius 1 is 1.06 bits per heavy atom. The number of aryl methyl sites for hydroxylation is 3. The standard InChI is InChI=1S/C13H17NS2/c1-8-7-12(16-10(8)3)13(14-4)11-6-5-9(2)15-11/h5-7,13-14H,1-4H3. The third-order valence-electron chi connectivity index (χ3n) is 2.80. The topological polar surface area (TPSA) is 12.0 Å². The molecule has 0 aromatic carbocycles. The second-order valence-electron chi connectivity index (χ2n) is 4.06. The van der Waals surface area contributed by atoms with Gasteiger partial charge < -0.3 is 5.32 Å². The third-order valence-corrected chi connectivity index (χ3v) is 5.09. The molecule has 0 aliphatic heterocycles. The van der Waals surface area contributed by atoms with E-state index in [4.69, 9.17) is 0 Å². The monoisotopic (exact) mass is 251 g/mol. The molecule has 1 N–H and O–H groups in total. The Morgan fingerprint density at radius 3 is 2.25 bits per heavy atom. The number of nitrogens with one attached hydrogen (secondary N) is 1. The van der Waals surface area contributed by atoms with Crippen LogP contribution in [0.15, 0.2) is 18.2 Å². The highest BCUT2D eigenvalue weighted by molar-refractivity contribution is 7.13. The molecular formula is C13H17NS2. The van der Waals surface area contributed by atoms with Crippen molar-refractivity contribution in [2.24, 2.45) is 0 Å². The molecule has 2 heterocycles. The van der Waals surface area contributed by atoms with Gasteiger partial charge in [0, 0.05) is 19.5 Å². The van der Waals surface area contributed by atoms with E-state index < -0.39 is 0 Å². The fraction of sp³-hybridized carbons (Fsp3) is 0.385. The molecule has 2 aromatic heterocycles. The second kappa shape index (κ2) is 4.70. The van der Waals surface area contributed by atoms with Crippen LogP contribution in [0.3, 0.4) is 0 Å². The van der Waals surface area contributed by atoms with Crippen LogP contribution in [0.4, 0.5) is 0 Å². The highest BCUT2D eigenvalue weighted by Gasteiger charge is 2.16. The molecule has 2 aromatic rings. The fourth-order valence-corrected chi connectivity index (χ4v) is 4.03. The van der Waals surface area contributed by atoms with E-state index in [9.17, 15) is 0 Å². The van der Waals surface area contributed by atoms with Gasteiger partial charge in [0.2, 0.25) is 0 Å². The van der Waals surface area contributed by atoms with Crippen LogP contribution in [0.1, 0.15) is 31.1 Å². The minimum atomic E-state index is 0.357. The zero-order valence-corrected chi connectivity index (χ0v) is 11.8. The first kappa shape index (κ1) is 11.8. The van der Waals surface area contributed by atoms with Crippen molar-refractivity contribution in [3.05, 3.63) is 43.3 Å². The molecule has 0 saturated carbocycles. The molecule has 0 aliphatic carbocycles. The van der Waals surface area contributed by atoms with Crippen LogP contribution in [-0.2, 0) is 0 Å². The van der Waals surface area contributed by atoms with E-state index in [1.165, 1.54) is 25.1 Å². The van der Waals surface area contributed by atoms with Crippen LogP contribution in [0, 0.1) is 20.8 Å². The number of thiophene rings is 2. The van der Waals surface area contributed by atoms with E-state index in [-0.39, 0.29) is 0 Å². The first-order chi connectivity index (χ1) is 7.61. The summed E-state index contributed by atoms with van der Waals surface area (Å²) >= 11 is 3.77. The zero-order valence-electron chi connectivity index (χ0n) is 10.1. The summed E-state index contributed by atoms with van der Waals surface area (Å²) < 4.78 is 0. The van der Waals surface area contributed by atoms with Gasteiger partial charge in [-0.25, -0.2) is 0 Å². The number of hydrogen-bond donors (Lipinski definition) is 1. The predicted octanol–water partition coefficient (Wildman–Crippen LogP) is 4.04. The third kappa shape index (κ3) is 2.21. The average Bonchev–Trinajstić information content (AvgIpc) is 2.77. The maximum atomic E-state index is 3.41. The molecular weight excluding hydrogens is 234 g/mol. The maximum Gasteiger partial charge on any atom is 0.0762 e. The van der Waals surface area contributed by atoms with Gasteiger partial charge in [0.1, 0.15) is 0 Å². The lowest BCUT2D eigenvalue weighted by molar-refractivity contribution is 0.716. The van der Waals surface area contributed by atoms with Crippen molar-refractivity contribution in [1.29, 1.82) is 0 Å². The van der Waals surface area contributed by atoms with E-state index in [0.29, 0.717) is 6.04 Å². The Hall–Kier alpha value is -0.640. The smallest absolute Gasteiger partial charge is 0.0762 e. The van der Waals surface area contributed by atoms with Gasteiger partial charge in [-0.05, 0) is 51.6 Å². The summed E-state index contributed by atoms with van der Waals surface area (Å²) in [5, 5.41) is 3.41. The molecule has 0 spiro atoms. The van der Waals surface area contributed by atoms with Crippen molar-refractivity contribution in [1.82, 2.24) is 5.32 Å². The molecule has 0 saturated heterocycles. The van der Waals surface area contributed by atoms with Gasteiger partial charge in [-0.2, -0.15) is 0 Å². The predicted molar refractivity (Wildman–Crippen MR) is 73.8 cm³/mol. The van der Waals surface area contributed by atoms with Crippen LogP contribution < -0.4 is 5.32 Å². The van der Waals surface area contributed by atoms with Crippen molar-refractivity contribution >= 4 is 22.7 Å². The number of hydrogen-bond acceptors (Lipinski definition) is 3. The summed E-state index contributed by atoms with van der Waals surface area (Å²) in [6.45, 7) is 6.53. The van der Waals surface area contributed by atoms with Gasteiger partial charge in [-0.1, -0.05) is 0 Å². The molecule has 0 aliphatic rings. The van der Waals surface area contributed by atoms with E-state index >= 15 is 0 Å². The maximum absolute atomic E-state index is 3.41.